The first-order valence-electron chi connectivity index (χ1n) is 10.3. The predicted octanol–water partition coefficient (Wildman–Crippen LogP) is 3.81. The highest BCUT2D eigenvalue weighted by Gasteiger charge is 2.27. The molecule has 172 valence electrons. The third-order valence-electron chi connectivity index (χ3n) is 5.16. The van der Waals surface area contributed by atoms with Crippen molar-refractivity contribution in [3.63, 3.8) is 0 Å². The number of sulfonamides is 1. The Morgan fingerprint density at radius 1 is 1.06 bits per heavy atom. The van der Waals surface area contributed by atoms with Gasteiger partial charge in [-0.1, -0.05) is 42.2 Å². The fourth-order valence-electron chi connectivity index (χ4n) is 3.40. The van der Waals surface area contributed by atoms with Crippen molar-refractivity contribution in [2.75, 3.05) is 0 Å². The molecule has 3 N–H and O–H groups in total. The third kappa shape index (κ3) is 5.26. The number of nitrogens with one attached hydrogen (secondary N) is 2. The second-order valence-corrected chi connectivity index (χ2v) is 10.6. The van der Waals surface area contributed by atoms with Crippen molar-refractivity contribution in [2.24, 2.45) is 0 Å². The molecule has 0 radical (unpaired) electrons. The van der Waals surface area contributed by atoms with Gasteiger partial charge < -0.3 is 10.1 Å². The molecule has 2 aromatic heterocycles. The van der Waals surface area contributed by atoms with Gasteiger partial charge in [-0.2, -0.15) is 4.72 Å². The third-order valence-corrected chi connectivity index (χ3v) is 8.13. The minimum atomic E-state index is -4.07. The molecule has 34 heavy (non-hydrogen) atoms. The number of para-hydroxylation sites is 1. The van der Waals surface area contributed by atoms with Crippen molar-refractivity contribution in [1.82, 2.24) is 9.71 Å². The van der Waals surface area contributed by atoms with E-state index in [2.05, 4.69) is 21.5 Å². The number of ketones is 1. The van der Waals surface area contributed by atoms with E-state index in [0.717, 1.165) is 22.2 Å². The molecule has 0 saturated carbocycles. The second-order valence-electron chi connectivity index (χ2n) is 7.58. The Labute approximate surface area is 200 Å². The Morgan fingerprint density at radius 2 is 1.79 bits per heavy atom. The average molecular weight is 493 g/mol. The first-order chi connectivity index (χ1) is 16.2. The number of rotatable bonds is 7. The molecule has 0 aliphatic carbocycles. The van der Waals surface area contributed by atoms with Crippen LogP contribution in [0.25, 0.3) is 10.9 Å². The molecule has 0 spiro atoms. The minimum absolute atomic E-state index is 0.00707. The van der Waals surface area contributed by atoms with Gasteiger partial charge in [0, 0.05) is 34.6 Å². The molecule has 0 fully saturated rings. The number of benzene rings is 2. The van der Waals surface area contributed by atoms with Crippen molar-refractivity contribution in [3.05, 3.63) is 88.4 Å². The van der Waals surface area contributed by atoms with Gasteiger partial charge in [0.15, 0.2) is 5.78 Å². The monoisotopic (exact) mass is 492 g/mol. The number of carboxylic acids is 1. The first kappa shape index (κ1) is 23.4. The van der Waals surface area contributed by atoms with E-state index in [1.807, 2.05) is 24.3 Å². The zero-order chi connectivity index (χ0) is 24.3. The molecule has 7 nitrogen and oxygen atoms in total. The van der Waals surface area contributed by atoms with Crippen molar-refractivity contribution in [3.8, 4) is 11.8 Å². The van der Waals surface area contributed by atoms with Gasteiger partial charge in [0.05, 0.1) is 4.88 Å². The standard InChI is InChI=1S/C25H20N2O5S2/c1-16(28)18-9-6-17(7-10-18)8-11-20-12-13-24(33-20)34(31,32)27-23(25(29)30)14-19-15-26-22-5-3-2-4-21(19)22/h2-7,9-10,12-13,15,23,26-27H,14H2,1H3,(H,29,30). The summed E-state index contributed by atoms with van der Waals surface area (Å²) in [6, 6.07) is 15.9. The van der Waals surface area contributed by atoms with E-state index in [9.17, 15) is 23.1 Å². The summed E-state index contributed by atoms with van der Waals surface area (Å²) in [5, 5.41) is 10.5. The van der Waals surface area contributed by atoms with Crippen LogP contribution in [0.3, 0.4) is 0 Å². The van der Waals surface area contributed by atoms with Crippen LogP contribution in [0.1, 0.15) is 33.3 Å². The first-order valence-corrected chi connectivity index (χ1v) is 12.6. The maximum atomic E-state index is 12.9. The van der Waals surface area contributed by atoms with Gasteiger partial charge in [-0.3, -0.25) is 9.59 Å². The van der Waals surface area contributed by atoms with Crippen LogP contribution in [0.5, 0.6) is 0 Å². The molecule has 4 rings (SSSR count). The Morgan fingerprint density at radius 3 is 2.50 bits per heavy atom. The van der Waals surface area contributed by atoms with E-state index in [4.69, 9.17) is 0 Å². The highest BCUT2D eigenvalue weighted by atomic mass is 32.2. The Bertz CT molecular complexity index is 1540. The number of carbonyl (C=O) groups is 2. The van der Waals surface area contributed by atoms with Crippen LogP contribution >= 0.6 is 11.3 Å². The molecule has 0 amide bonds. The molecule has 2 aromatic carbocycles. The summed E-state index contributed by atoms with van der Waals surface area (Å²) in [4.78, 5) is 26.8. The van der Waals surface area contributed by atoms with Crippen LogP contribution in [-0.2, 0) is 21.2 Å². The zero-order valence-electron chi connectivity index (χ0n) is 18.0. The number of hydrogen-bond acceptors (Lipinski definition) is 5. The molecular weight excluding hydrogens is 472 g/mol. The topological polar surface area (TPSA) is 116 Å². The number of carbonyl (C=O) groups excluding carboxylic acids is 1. The number of fused-ring (bicyclic) bond motifs is 1. The van der Waals surface area contributed by atoms with E-state index in [-0.39, 0.29) is 16.4 Å². The van der Waals surface area contributed by atoms with E-state index in [1.54, 1.807) is 36.5 Å². The maximum Gasteiger partial charge on any atom is 0.322 e. The van der Waals surface area contributed by atoms with Crippen LogP contribution < -0.4 is 4.72 Å². The van der Waals surface area contributed by atoms with Crippen molar-refractivity contribution in [2.45, 2.75) is 23.6 Å². The van der Waals surface area contributed by atoms with Gasteiger partial charge >= 0.3 is 5.97 Å². The molecular formula is C25H20N2O5S2. The van der Waals surface area contributed by atoms with Gasteiger partial charge in [0.2, 0.25) is 0 Å². The lowest BCUT2D eigenvalue weighted by atomic mass is 10.1. The number of aromatic nitrogens is 1. The summed E-state index contributed by atoms with van der Waals surface area (Å²) in [5.74, 6) is 4.54. The second kappa shape index (κ2) is 9.65. The van der Waals surface area contributed by atoms with Crippen LogP contribution in [-0.4, -0.2) is 36.3 Å². The summed E-state index contributed by atoms with van der Waals surface area (Å²) in [5.41, 5.74) is 2.83. The molecule has 1 unspecified atom stereocenters. The lowest BCUT2D eigenvalue weighted by Gasteiger charge is -2.13. The molecule has 2 heterocycles. The van der Waals surface area contributed by atoms with Gasteiger partial charge in [-0.25, -0.2) is 8.42 Å². The van der Waals surface area contributed by atoms with E-state index < -0.39 is 22.0 Å². The van der Waals surface area contributed by atoms with Gasteiger partial charge in [0.25, 0.3) is 10.0 Å². The highest BCUT2D eigenvalue weighted by molar-refractivity contribution is 7.91. The molecule has 9 heteroatoms. The lowest BCUT2D eigenvalue weighted by molar-refractivity contribution is -0.138. The van der Waals surface area contributed by atoms with E-state index >= 15 is 0 Å². The predicted molar refractivity (Wildman–Crippen MR) is 130 cm³/mol. The van der Waals surface area contributed by atoms with Crippen molar-refractivity contribution in [1.29, 1.82) is 0 Å². The number of hydrogen-bond donors (Lipinski definition) is 3. The van der Waals surface area contributed by atoms with Crippen LogP contribution in [0.2, 0.25) is 0 Å². The van der Waals surface area contributed by atoms with E-state index in [0.29, 0.717) is 21.6 Å². The minimum Gasteiger partial charge on any atom is -0.480 e. The fourth-order valence-corrected chi connectivity index (χ4v) is 5.76. The van der Waals surface area contributed by atoms with E-state index in [1.165, 1.54) is 13.0 Å². The summed E-state index contributed by atoms with van der Waals surface area (Å²) in [7, 11) is -4.07. The smallest absolute Gasteiger partial charge is 0.322 e. The number of aliphatic carboxylic acids is 1. The molecule has 1 atom stereocenters. The normalized spacial score (nSPS) is 12.1. The number of thiophene rings is 1. The average Bonchev–Trinajstić information content (AvgIpc) is 3.45. The van der Waals surface area contributed by atoms with Crippen LogP contribution in [0.4, 0.5) is 0 Å². The van der Waals surface area contributed by atoms with Crippen LogP contribution in [0.15, 0.2) is 71.1 Å². The van der Waals surface area contributed by atoms with Gasteiger partial charge in [-0.05, 0) is 42.8 Å². The summed E-state index contributed by atoms with van der Waals surface area (Å²) >= 11 is 0.954. The summed E-state index contributed by atoms with van der Waals surface area (Å²) in [6.45, 7) is 1.48. The molecule has 0 aliphatic heterocycles. The molecule has 4 aromatic rings. The van der Waals surface area contributed by atoms with Gasteiger partial charge in [0.1, 0.15) is 10.3 Å². The summed E-state index contributed by atoms with van der Waals surface area (Å²) < 4.78 is 28.0. The number of aromatic amines is 1. The quantitative estimate of drug-likeness (QED) is 0.268. The van der Waals surface area contributed by atoms with Gasteiger partial charge in [-0.15, -0.1) is 11.3 Å². The maximum absolute atomic E-state index is 12.9. The SMILES string of the molecule is CC(=O)c1ccc(C#Cc2ccc(S(=O)(=O)NC(Cc3c[nH]c4ccccc34)C(=O)O)s2)cc1. The lowest BCUT2D eigenvalue weighted by Crippen LogP contribution is -2.41. The Kier molecular flexibility index (Phi) is 6.65. The van der Waals surface area contributed by atoms with Crippen molar-refractivity contribution >= 4 is 44.0 Å². The number of carboxylic acid groups (broad SMARTS) is 1. The van der Waals surface area contributed by atoms with Crippen molar-refractivity contribution < 1.29 is 23.1 Å². The summed E-state index contributed by atoms with van der Waals surface area (Å²) in [6.07, 6.45) is 1.68. The Hall–Kier alpha value is -3.71. The number of Topliss-reactive ketones (excluding diaryl/α,β-unsaturated/α-hetero) is 1. The Balaban J connectivity index is 1.50. The zero-order valence-corrected chi connectivity index (χ0v) is 19.7. The van der Waals surface area contributed by atoms with Crippen LogP contribution in [0, 0.1) is 11.8 Å². The number of H-pyrrole nitrogens is 1. The molecule has 0 saturated heterocycles. The molecule has 0 bridgehead atoms. The fraction of sp³-hybridized carbons (Fsp3) is 0.120. The molecule has 0 aliphatic rings. The highest BCUT2D eigenvalue weighted by Crippen LogP contribution is 2.23. The largest absolute Gasteiger partial charge is 0.480 e.